The number of benzene rings is 1. The van der Waals surface area contributed by atoms with E-state index in [1.807, 2.05) is 0 Å². The number of hydrogen-bond donors (Lipinski definition) is 2. The van der Waals surface area contributed by atoms with Crippen LogP contribution in [0.1, 0.15) is 25.8 Å². The van der Waals surface area contributed by atoms with Gasteiger partial charge in [0, 0.05) is 6.07 Å². The van der Waals surface area contributed by atoms with Crippen LogP contribution in [0.15, 0.2) is 47.1 Å². The van der Waals surface area contributed by atoms with Crippen LogP contribution >= 0.6 is 11.3 Å². The van der Waals surface area contributed by atoms with Gasteiger partial charge in [-0.15, -0.1) is 11.3 Å². The SMILES string of the molecule is COc1ccc(NC(=O)c2sc(NC(=O)c3ccco3)cc2C)c(OC)c1. The first-order valence-electron chi connectivity index (χ1n) is 8.00. The number of rotatable bonds is 6. The minimum absolute atomic E-state index is 0.204. The Kier molecular flexibility index (Phi) is 5.46. The lowest BCUT2D eigenvalue weighted by Crippen LogP contribution is -2.12. The first-order valence-corrected chi connectivity index (χ1v) is 8.82. The molecule has 0 unspecified atom stereocenters. The van der Waals surface area contributed by atoms with Gasteiger partial charge in [-0.2, -0.15) is 0 Å². The quantitative estimate of drug-likeness (QED) is 0.664. The van der Waals surface area contributed by atoms with E-state index in [0.717, 1.165) is 5.56 Å². The molecule has 0 aliphatic heterocycles. The van der Waals surface area contributed by atoms with Gasteiger partial charge in [0.2, 0.25) is 0 Å². The number of carbonyl (C=O) groups is 2. The Morgan fingerprint density at radius 1 is 1.04 bits per heavy atom. The van der Waals surface area contributed by atoms with E-state index < -0.39 is 0 Å². The Labute approximate surface area is 159 Å². The summed E-state index contributed by atoms with van der Waals surface area (Å²) in [5.41, 5.74) is 1.27. The van der Waals surface area contributed by atoms with Crippen LogP contribution in [0, 0.1) is 6.92 Å². The zero-order valence-corrected chi connectivity index (χ0v) is 15.8. The summed E-state index contributed by atoms with van der Waals surface area (Å²) >= 11 is 1.18. The number of amides is 2. The molecule has 8 heteroatoms. The van der Waals surface area contributed by atoms with Crippen molar-refractivity contribution < 1.29 is 23.5 Å². The predicted molar refractivity (Wildman–Crippen MR) is 103 cm³/mol. The number of hydrogen-bond acceptors (Lipinski definition) is 6. The number of carbonyl (C=O) groups excluding carboxylic acids is 2. The molecule has 2 heterocycles. The van der Waals surface area contributed by atoms with Gasteiger partial charge in [0.1, 0.15) is 11.5 Å². The number of thiophene rings is 1. The van der Waals surface area contributed by atoms with Gasteiger partial charge >= 0.3 is 0 Å². The van der Waals surface area contributed by atoms with Gasteiger partial charge < -0.3 is 24.5 Å². The second-order valence-electron chi connectivity index (χ2n) is 5.57. The summed E-state index contributed by atoms with van der Waals surface area (Å²) in [6.07, 6.45) is 1.43. The summed E-state index contributed by atoms with van der Waals surface area (Å²) in [5.74, 6) is 0.655. The second kappa shape index (κ2) is 7.96. The van der Waals surface area contributed by atoms with E-state index >= 15 is 0 Å². The van der Waals surface area contributed by atoms with Crippen LogP contribution in [0.5, 0.6) is 11.5 Å². The summed E-state index contributed by atoms with van der Waals surface area (Å²) in [5, 5.41) is 6.11. The molecule has 2 N–H and O–H groups in total. The molecule has 27 heavy (non-hydrogen) atoms. The minimum Gasteiger partial charge on any atom is -0.497 e. The molecule has 0 saturated heterocycles. The summed E-state index contributed by atoms with van der Waals surface area (Å²) in [4.78, 5) is 25.2. The average molecular weight is 386 g/mol. The van der Waals surface area contributed by atoms with E-state index in [4.69, 9.17) is 13.9 Å². The van der Waals surface area contributed by atoms with Crippen LogP contribution in [0.3, 0.4) is 0 Å². The fourth-order valence-corrected chi connectivity index (χ4v) is 3.39. The zero-order chi connectivity index (χ0) is 19.4. The number of methoxy groups -OCH3 is 2. The third-order valence-corrected chi connectivity index (χ3v) is 4.91. The molecule has 0 fully saturated rings. The highest BCUT2D eigenvalue weighted by Gasteiger charge is 2.18. The molecule has 0 bridgehead atoms. The maximum atomic E-state index is 12.7. The Hall–Kier alpha value is -3.26. The van der Waals surface area contributed by atoms with Crippen molar-refractivity contribution >= 4 is 33.8 Å². The van der Waals surface area contributed by atoms with Crippen molar-refractivity contribution in [2.75, 3.05) is 24.9 Å². The molecular formula is C19H18N2O5S. The van der Waals surface area contributed by atoms with Crippen LogP contribution in [0.4, 0.5) is 10.7 Å². The summed E-state index contributed by atoms with van der Waals surface area (Å²) in [6.45, 7) is 1.80. The normalized spacial score (nSPS) is 10.3. The minimum atomic E-state index is -0.370. The van der Waals surface area contributed by atoms with Crippen LogP contribution in [0.2, 0.25) is 0 Å². The zero-order valence-electron chi connectivity index (χ0n) is 15.0. The van der Waals surface area contributed by atoms with Crippen molar-refractivity contribution in [3.05, 3.63) is 58.9 Å². The smallest absolute Gasteiger partial charge is 0.291 e. The Morgan fingerprint density at radius 2 is 1.85 bits per heavy atom. The first kappa shape index (κ1) is 18.5. The monoisotopic (exact) mass is 386 g/mol. The largest absolute Gasteiger partial charge is 0.497 e. The number of anilines is 2. The van der Waals surface area contributed by atoms with Gasteiger partial charge in [-0.1, -0.05) is 0 Å². The molecule has 0 aliphatic rings. The average Bonchev–Trinajstić information content (AvgIpc) is 3.32. The maximum absolute atomic E-state index is 12.7. The molecule has 7 nitrogen and oxygen atoms in total. The van der Waals surface area contributed by atoms with Crippen molar-refractivity contribution in [3.8, 4) is 11.5 Å². The van der Waals surface area contributed by atoms with Crippen molar-refractivity contribution in [2.24, 2.45) is 0 Å². The molecule has 0 spiro atoms. The van der Waals surface area contributed by atoms with E-state index in [9.17, 15) is 9.59 Å². The molecule has 2 amide bonds. The molecule has 0 atom stereocenters. The fraction of sp³-hybridized carbons (Fsp3) is 0.158. The number of aryl methyl sites for hydroxylation is 1. The van der Waals surface area contributed by atoms with E-state index in [1.165, 1.54) is 24.7 Å². The van der Waals surface area contributed by atoms with Crippen LogP contribution in [-0.2, 0) is 0 Å². The lowest BCUT2D eigenvalue weighted by atomic mass is 10.2. The van der Waals surface area contributed by atoms with Gasteiger partial charge in [0.25, 0.3) is 11.8 Å². The van der Waals surface area contributed by atoms with Gasteiger partial charge in [-0.25, -0.2) is 0 Å². The molecule has 0 radical (unpaired) electrons. The lowest BCUT2D eigenvalue weighted by Gasteiger charge is -2.11. The molecule has 0 saturated carbocycles. The van der Waals surface area contributed by atoms with E-state index in [2.05, 4.69) is 10.6 Å². The maximum Gasteiger partial charge on any atom is 0.291 e. The Morgan fingerprint density at radius 3 is 2.52 bits per heavy atom. The van der Waals surface area contributed by atoms with E-state index in [-0.39, 0.29) is 17.6 Å². The molecule has 3 aromatic rings. The number of nitrogens with one attached hydrogen (secondary N) is 2. The summed E-state index contributed by atoms with van der Waals surface area (Å²) in [7, 11) is 3.07. The van der Waals surface area contributed by atoms with E-state index in [1.54, 1.807) is 50.4 Å². The molecule has 140 valence electrons. The standard InChI is InChI=1S/C19H18N2O5S/c1-11-9-16(21-18(22)14-5-4-8-26-14)27-17(11)19(23)20-13-7-6-12(24-2)10-15(13)25-3/h4-10H,1-3H3,(H,20,23)(H,21,22). The molecule has 0 aliphatic carbocycles. The van der Waals surface area contributed by atoms with Crippen molar-refractivity contribution in [1.82, 2.24) is 0 Å². The van der Waals surface area contributed by atoms with Crippen LogP contribution < -0.4 is 20.1 Å². The van der Waals surface area contributed by atoms with Gasteiger partial charge in [-0.3, -0.25) is 9.59 Å². The Bertz CT molecular complexity index is 963. The third-order valence-electron chi connectivity index (χ3n) is 3.76. The van der Waals surface area contributed by atoms with Crippen LogP contribution in [0.25, 0.3) is 0 Å². The topological polar surface area (TPSA) is 89.8 Å². The second-order valence-corrected chi connectivity index (χ2v) is 6.63. The van der Waals surface area contributed by atoms with Crippen molar-refractivity contribution in [2.45, 2.75) is 6.92 Å². The molecule has 2 aromatic heterocycles. The highest BCUT2D eigenvalue weighted by Crippen LogP contribution is 2.32. The number of ether oxygens (including phenoxy) is 2. The van der Waals surface area contributed by atoms with Gasteiger partial charge in [0.15, 0.2) is 5.76 Å². The predicted octanol–water partition coefficient (Wildman–Crippen LogP) is 4.17. The molecule has 1 aromatic carbocycles. The van der Waals surface area contributed by atoms with Gasteiger partial charge in [0.05, 0.1) is 36.0 Å². The lowest BCUT2D eigenvalue weighted by molar-refractivity contribution is 0.0995. The van der Waals surface area contributed by atoms with Crippen LogP contribution in [-0.4, -0.2) is 26.0 Å². The first-order chi connectivity index (χ1) is 13.0. The van der Waals surface area contributed by atoms with Crippen molar-refractivity contribution in [3.63, 3.8) is 0 Å². The summed E-state index contributed by atoms with van der Waals surface area (Å²) < 4.78 is 15.5. The number of furan rings is 1. The summed E-state index contributed by atoms with van der Waals surface area (Å²) in [6, 6.07) is 10.1. The molecular weight excluding hydrogens is 368 g/mol. The van der Waals surface area contributed by atoms with Crippen molar-refractivity contribution in [1.29, 1.82) is 0 Å². The molecule has 3 rings (SSSR count). The third kappa shape index (κ3) is 4.12. The highest BCUT2D eigenvalue weighted by atomic mass is 32.1. The Balaban J connectivity index is 1.76. The highest BCUT2D eigenvalue weighted by molar-refractivity contribution is 7.18. The van der Waals surface area contributed by atoms with E-state index in [0.29, 0.717) is 27.1 Å². The fourth-order valence-electron chi connectivity index (χ4n) is 2.43. The van der Waals surface area contributed by atoms with Gasteiger partial charge in [-0.05, 0) is 42.8 Å².